The molecule has 1 atom stereocenters. The molecule has 0 spiro atoms. The summed E-state index contributed by atoms with van der Waals surface area (Å²) in [5, 5.41) is 8.55. The van der Waals surface area contributed by atoms with Crippen LogP contribution >= 0.6 is 11.8 Å². The number of amides is 2. The lowest BCUT2D eigenvalue weighted by Gasteiger charge is -2.14. The van der Waals surface area contributed by atoms with Crippen molar-refractivity contribution in [3.63, 3.8) is 0 Å². The maximum atomic E-state index is 11.9. The number of hydrogen-bond acceptors (Lipinski definition) is 6. The molecule has 1 aliphatic rings. The third kappa shape index (κ3) is 3.65. The van der Waals surface area contributed by atoms with Crippen molar-refractivity contribution in [3.05, 3.63) is 28.7 Å². The first-order valence-electron chi connectivity index (χ1n) is 6.62. The van der Waals surface area contributed by atoms with E-state index in [9.17, 15) is 14.4 Å². The Labute approximate surface area is 136 Å². The zero-order valence-corrected chi connectivity index (χ0v) is 13.5. The number of rotatable bonds is 5. The number of benzene rings is 1. The summed E-state index contributed by atoms with van der Waals surface area (Å²) in [6.07, 6.45) is 0.549. The predicted octanol–water partition coefficient (Wildman–Crippen LogP) is 2.21. The monoisotopic (exact) mass is 337 g/mol. The van der Waals surface area contributed by atoms with E-state index in [0.717, 1.165) is 16.7 Å². The number of carbonyl (C=O) groups is 3. The second-order valence-electron chi connectivity index (χ2n) is 4.75. The predicted molar refractivity (Wildman–Crippen MR) is 84.5 cm³/mol. The molecule has 2 amide bonds. The number of aliphatic carboxylic acids is 1. The number of likely N-dealkylation sites (N-methyl/N-ethyl adjacent to an activating group) is 1. The van der Waals surface area contributed by atoms with E-state index in [-0.39, 0.29) is 16.9 Å². The third-order valence-corrected chi connectivity index (χ3v) is 4.08. The van der Waals surface area contributed by atoms with Crippen molar-refractivity contribution in [1.82, 2.24) is 4.90 Å². The van der Waals surface area contributed by atoms with Gasteiger partial charge in [0.25, 0.3) is 11.1 Å². The fourth-order valence-corrected chi connectivity index (χ4v) is 2.64. The van der Waals surface area contributed by atoms with Crippen molar-refractivity contribution in [1.29, 1.82) is 0 Å². The van der Waals surface area contributed by atoms with Gasteiger partial charge >= 0.3 is 5.97 Å². The maximum Gasteiger partial charge on any atom is 0.344 e. The van der Waals surface area contributed by atoms with Gasteiger partial charge in [-0.3, -0.25) is 14.5 Å². The maximum absolute atomic E-state index is 11.9. The summed E-state index contributed by atoms with van der Waals surface area (Å²) in [6, 6.07) is 4.81. The van der Waals surface area contributed by atoms with Crippen molar-refractivity contribution < 1.29 is 29.0 Å². The zero-order chi connectivity index (χ0) is 17.1. The van der Waals surface area contributed by atoms with Crippen molar-refractivity contribution in [2.75, 3.05) is 14.2 Å². The van der Waals surface area contributed by atoms with Crippen molar-refractivity contribution in [3.8, 4) is 11.5 Å². The van der Waals surface area contributed by atoms with Crippen LogP contribution in [0, 0.1) is 0 Å². The van der Waals surface area contributed by atoms with Gasteiger partial charge in [0.1, 0.15) is 0 Å². The molecule has 1 aliphatic heterocycles. The van der Waals surface area contributed by atoms with Crippen LogP contribution in [-0.2, 0) is 9.59 Å². The van der Waals surface area contributed by atoms with Crippen LogP contribution in [0.3, 0.4) is 0 Å². The van der Waals surface area contributed by atoms with Crippen LogP contribution in [0.5, 0.6) is 11.5 Å². The summed E-state index contributed by atoms with van der Waals surface area (Å²) in [4.78, 5) is 35.5. The van der Waals surface area contributed by atoms with Gasteiger partial charge in [0, 0.05) is 7.05 Å². The Balaban J connectivity index is 2.27. The number of carbonyl (C=O) groups excluding carboxylic acids is 2. The molecule has 0 bridgehead atoms. The lowest BCUT2D eigenvalue weighted by molar-refractivity contribution is -0.144. The van der Waals surface area contributed by atoms with Gasteiger partial charge in [0.05, 0.1) is 12.0 Å². The summed E-state index contributed by atoms with van der Waals surface area (Å²) < 4.78 is 10.5. The molecule has 8 heteroatoms. The number of hydrogen-bond donors (Lipinski definition) is 1. The highest BCUT2D eigenvalue weighted by atomic mass is 32.2. The largest absolute Gasteiger partial charge is 0.493 e. The minimum Gasteiger partial charge on any atom is -0.493 e. The van der Waals surface area contributed by atoms with Gasteiger partial charge in [0.2, 0.25) is 0 Å². The number of carboxylic acids is 1. The first kappa shape index (κ1) is 16.9. The highest BCUT2D eigenvalue weighted by molar-refractivity contribution is 8.18. The molecule has 0 aliphatic carbocycles. The molecular weight excluding hydrogens is 322 g/mol. The second kappa shape index (κ2) is 6.74. The van der Waals surface area contributed by atoms with Gasteiger partial charge in [-0.25, -0.2) is 4.79 Å². The Morgan fingerprint density at radius 1 is 1.35 bits per heavy atom. The molecule has 0 unspecified atom stereocenters. The Hall–Kier alpha value is -2.48. The fourth-order valence-electron chi connectivity index (χ4n) is 1.81. The summed E-state index contributed by atoms with van der Waals surface area (Å²) in [5.41, 5.74) is 0.635. The van der Waals surface area contributed by atoms with Crippen LogP contribution in [0.4, 0.5) is 4.79 Å². The Kier molecular flexibility index (Phi) is 4.95. The Bertz CT molecular complexity index is 699. The van der Waals surface area contributed by atoms with Crippen LogP contribution in [0.1, 0.15) is 12.5 Å². The fraction of sp³-hybridized carbons (Fsp3) is 0.267. The van der Waals surface area contributed by atoms with Gasteiger partial charge in [-0.2, -0.15) is 0 Å². The molecule has 1 aromatic carbocycles. The van der Waals surface area contributed by atoms with Gasteiger partial charge < -0.3 is 14.6 Å². The topological polar surface area (TPSA) is 93.1 Å². The number of ether oxygens (including phenoxy) is 2. The van der Waals surface area contributed by atoms with Crippen molar-refractivity contribution >= 4 is 35.0 Å². The lowest BCUT2D eigenvalue weighted by atomic mass is 10.2. The van der Waals surface area contributed by atoms with E-state index in [4.69, 9.17) is 14.6 Å². The highest BCUT2D eigenvalue weighted by Gasteiger charge is 2.31. The summed E-state index contributed by atoms with van der Waals surface area (Å²) >= 11 is 0.858. The summed E-state index contributed by atoms with van der Waals surface area (Å²) in [5.74, 6) is -0.836. The van der Waals surface area contributed by atoms with E-state index in [2.05, 4.69) is 0 Å². The molecular formula is C15H15NO6S. The van der Waals surface area contributed by atoms with Gasteiger partial charge in [-0.15, -0.1) is 0 Å². The molecule has 1 N–H and O–H groups in total. The summed E-state index contributed by atoms with van der Waals surface area (Å²) in [7, 11) is 2.85. The molecule has 1 saturated heterocycles. The summed E-state index contributed by atoms with van der Waals surface area (Å²) in [6.45, 7) is 1.41. The van der Waals surface area contributed by atoms with E-state index in [0.29, 0.717) is 16.2 Å². The zero-order valence-electron chi connectivity index (χ0n) is 12.7. The number of methoxy groups -OCH3 is 1. The lowest BCUT2D eigenvalue weighted by Crippen LogP contribution is -2.23. The van der Waals surface area contributed by atoms with Gasteiger partial charge in [-0.05, 0) is 42.5 Å². The molecule has 0 aromatic heterocycles. The third-order valence-electron chi connectivity index (χ3n) is 3.12. The van der Waals surface area contributed by atoms with E-state index in [1.807, 2.05) is 0 Å². The molecule has 1 aromatic rings. The van der Waals surface area contributed by atoms with E-state index < -0.39 is 12.1 Å². The van der Waals surface area contributed by atoms with Crippen molar-refractivity contribution in [2.24, 2.45) is 0 Å². The number of imide groups is 1. The molecule has 0 radical (unpaired) electrons. The molecule has 1 fully saturated rings. The van der Waals surface area contributed by atoms with Crippen LogP contribution in [0.2, 0.25) is 0 Å². The normalized spacial score (nSPS) is 17.5. The minimum atomic E-state index is -1.09. The SMILES string of the molecule is COc1cc(/C=C2/SC(=O)N(C)C2=O)ccc1O[C@@H](C)C(=O)O. The Morgan fingerprint density at radius 2 is 2.04 bits per heavy atom. The number of carboxylic acid groups (broad SMARTS) is 1. The van der Waals surface area contributed by atoms with E-state index in [1.54, 1.807) is 24.3 Å². The first-order chi connectivity index (χ1) is 10.8. The van der Waals surface area contributed by atoms with E-state index >= 15 is 0 Å². The molecule has 2 rings (SSSR count). The average Bonchev–Trinajstić information content (AvgIpc) is 2.75. The average molecular weight is 337 g/mol. The van der Waals surface area contributed by atoms with Crippen LogP contribution in [-0.4, -0.2) is 47.4 Å². The van der Waals surface area contributed by atoms with Gasteiger partial charge in [0.15, 0.2) is 17.6 Å². The van der Waals surface area contributed by atoms with Crippen LogP contribution < -0.4 is 9.47 Å². The Morgan fingerprint density at radius 3 is 2.57 bits per heavy atom. The standard InChI is InChI=1S/C15H15NO6S/c1-8(14(18)19)22-10-5-4-9(6-11(10)21-3)7-12-13(17)16(2)15(20)23-12/h4-8H,1-3H3,(H,18,19)/b12-7+/t8-/m0/s1. The number of thioether (sulfide) groups is 1. The first-order valence-corrected chi connectivity index (χ1v) is 7.44. The van der Waals surface area contributed by atoms with Gasteiger partial charge in [-0.1, -0.05) is 6.07 Å². The van der Waals surface area contributed by atoms with E-state index in [1.165, 1.54) is 21.1 Å². The molecule has 1 heterocycles. The van der Waals surface area contributed by atoms with Crippen LogP contribution in [0.25, 0.3) is 6.08 Å². The quantitative estimate of drug-likeness (QED) is 0.823. The van der Waals surface area contributed by atoms with Crippen LogP contribution in [0.15, 0.2) is 23.1 Å². The number of nitrogens with zero attached hydrogens (tertiary/aromatic N) is 1. The second-order valence-corrected chi connectivity index (χ2v) is 5.74. The minimum absolute atomic E-state index is 0.281. The molecule has 0 saturated carbocycles. The smallest absolute Gasteiger partial charge is 0.344 e. The van der Waals surface area contributed by atoms with Crippen molar-refractivity contribution in [2.45, 2.75) is 13.0 Å². The molecule has 23 heavy (non-hydrogen) atoms. The highest BCUT2D eigenvalue weighted by Crippen LogP contribution is 2.34. The molecule has 7 nitrogen and oxygen atoms in total. The molecule has 122 valence electrons.